The second kappa shape index (κ2) is 9.45. The first-order chi connectivity index (χ1) is 13.2. The molecule has 2 amide bonds. The van der Waals surface area contributed by atoms with Crippen LogP contribution in [0.1, 0.15) is 29.8 Å². The molecule has 0 aliphatic carbocycles. The lowest BCUT2D eigenvalue weighted by Gasteiger charge is -2.09. The minimum Gasteiger partial charge on any atom is -0.354 e. The van der Waals surface area contributed by atoms with Gasteiger partial charge < -0.3 is 10.6 Å². The lowest BCUT2D eigenvalue weighted by molar-refractivity contribution is -0.120. The van der Waals surface area contributed by atoms with Crippen LogP contribution in [-0.2, 0) is 21.1 Å². The summed E-state index contributed by atoms with van der Waals surface area (Å²) in [5.41, 5.74) is 1.03. The molecule has 2 N–H and O–H groups in total. The Labute approximate surface area is 164 Å². The van der Waals surface area contributed by atoms with E-state index in [4.69, 9.17) is 0 Å². The topological polar surface area (TPSA) is 92.3 Å². The molecule has 6 nitrogen and oxygen atoms in total. The lowest BCUT2D eigenvalue weighted by atomic mass is 10.1. The average molecular weight is 406 g/mol. The van der Waals surface area contributed by atoms with Gasteiger partial charge in [-0.3, -0.25) is 9.59 Å². The molecule has 2 aromatic rings. The first-order valence-electron chi connectivity index (χ1n) is 8.83. The highest BCUT2D eigenvalue weighted by atomic mass is 32.2. The maximum absolute atomic E-state index is 12.8. The third-order valence-corrected chi connectivity index (χ3v) is 6.25. The molecule has 0 aliphatic heterocycles. The Balaban J connectivity index is 1.78. The fraction of sp³-hybridized carbons (Fsp3) is 0.300. The number of amides is 2. The van der Waals surface area contributed by atoms with Crippen molar-refractivity contribution in [3.63, 3.8) is 0 Å². The molecular formula is C20H23FN2O4S. The second-order valence-corrected chi connectivity index (χ2v) is 9.03. The van der Waals surface area contributed by atoms with E-state index in [-0.39, 0.29) is 42.0 Å². The maximum atomic E-state index is 12.8. The monoisotopic (exact) mass is 406 g/mol. The Hall–Kier alpha value is -2.74. The predicted octanol–water partition coefficient (Wildman–Crippen LogP) is 2.10. The van der Waals surface area contributed by atoms with Crippen LogP contribution < -0.4 is 10.6 Å². The van der Waals surface area contributed by atoms with Gasteiger partial charge in [0.2, 0.25) is 5.91 Å². The summed E-state index contributed by atoms with van der Waals surface area (Å²) >= 11 is 0. The van der Waals surface area contributed by atoms with Gasteiger partial charge in [-0.2, -0.15) is 0 Å². The highest BCUT2D eigenvalue weighted by molar-refractivity contribution is 7.92. The number of hydrogen-bond acceptors (Lipinski definition) is 4. The van der Waals surface area contributed by atoms with Crippen molar-refractivity contribution in [1.82, 2.24) is 10.6 Å². The summed E-state index contributed by atoms with van der Waals surface area (Å²) < 4.78 is 37.0. The summed E-state index contributed by atoms with van der Waals surface area (Å²) in [5, 5.41) is 4.78. The van der Waals surface area contributed by atoms with Gasteiger partial charge in [0.1, 0.15) is 5.82 Å². The maximum Gasteiger partial charge on any atom is 0.251 e. The van der Waals surface area contributed by atoms with Gasteiger partial charge in [0, 0.05) is 18.7 Å². The van der Waals surface area contributed by atoms with Gasteiger partial charge in [0.25, 0.3) is 5.91 Å². The van der Waals surface area contributed by atoms with E-state index in [0.717, 1.165) is 0 Å². The molecule has 0 radical (unpaired) electrons. The molecule has 0 aromatic heterocycles. The lowest BCUT2D eigenvalue weighted by Crippen LogP contribution is -2.35. The number of hydrogen-bond donors (Lipinski definition) is 2. The fourth-order valence-electron chi connectivity index (χ4n) is 2.40. The molecule has 0 heterocycles. The summed E-state index contributed by atoms with van der Waals surface area (Å²) in [6, 6.07) is 11.4. The van der Waals surface area contributed by atoms with Crippen molar-refractivity contribution in [2.24, 2.45) is 0 Å². The van der Waals surface area contributed by atoms with Crippen LogP contribution in [0.25, 0.3) is 0 Å². The number of benzene rings is 2. The van der Waals surface area contributed by atoms with Gasteiger partial charge in [-0.1, -0.05) is 12.1 Å². The number of sulfone groups is 1. The van der Waals surface area contributed by atoms with E-state index in [9.17, 15) is 22.4 Å². The van der Waals surface area contributed by atoms with Crippen molar-refractivity contribution in [1.29, 1.82) is 0 Å². The van der Waals surface area contributed by atoms with Crippen molar-refractivity contribution in [3.05, 3.63) is 65.5 Å². The number of rotatable bonds is 8. The molecule has 0 bridgehead atoms. The van der Waals surface area contributed by atoms with E-state index in [1.165, 1.54) is 36.4 Å². The molecule has 0 fully saturated rings. The van der Waals surface area contributed by atoms with Gasteiger partial charge in [0.05, 0.1) is 16.6 Å². The minimum atomic E-state index is -3.38. The molecule has 0 aliphatic rings. The van der Waals surface area contributed by atoms with E-state index in [2.05, 4.69) is 10.6 Å². The highest BCUT2D eigenvalue weighted by Gasteiger charge is 2.19. The fourth-order valence-corrected chi connectivity index (χ4v) is 3.46. The van der Waals surface area contributed by atoms with Gasteiger partial charge in [-0.05, 0) is 55.8 Å². The Morgan fingerprint density at radius 3 is 2.07 bits per heavy atom. The number of carbonyl (C=O) groups is 2. The van der Waals surface area contributed by atoms with Crippen LogP contribution in [0.5, 0.6) is 0 Å². The molecule has 150 valence electrons. The van der Waals surface area contributed by atoms with Crippen LogP contribution in [0.4, 0.5) is 4.39 Å². The number of halogens is 1. The Kier molecular flexibility index (Phi) is 7.28. The van der Waals surface area contributed by atoms with Crippen LogP contribution >= 0.6 is 0 Å². The highest BCUT2D eigenvalue weighted by Crippen LogP contribution is 2.16. The van der Waals surface area contributed by atoms with Crippen molar-refractivity contribution >= 4 is 21.7 Å². The summed E-state index contributed by atoms with van der Waals surface area (Å²) in [6.45, 7) is 3.66. The molecule has 0 spiro atoms. The van der Waals surface area contributed by atoms with Crippen LogP contribution in [-0.4, -0.2) is 38.6 Å². The molecule has 0 saturated carbocycles. The standard InChI is InChI=1S/C20H23FN2O4S/c1-14(2)28(26,27)18-9-5-16(6-10-18)20(25)23-12-11-22-19(24)13-15-3-7-17(21)8-4-15/h3-10,14H,11-13H2,1-2H3,(H,22,24)(H,23,25). The van der Waals surface area contributed by atoms with E-state index >= 15 is 0 Å². The molecule has 0 unspecified atom stereocenters. The first-order valence-corrected chi connectivity index (χ1v) is 10.4. The van der Waals surface area contributed by atoms with Crippen LogP contribution in [0, 0.1) is 5.82 Å². The third-order valence-electron chi connectivity index (χ3n) is 4.08. The van der Waals surface area contributed by atoms with E-state index < -0.39 is 15.1 Å². The number of nitrogens with one attached hydrogen (secondary N) is 2. The quantitative estimate of drug-likeness (QED) is 0.657. The summed E-state index contributed by atoms with van der Waals surface area (Å²) in [7, 11) is -3.38. The van der Waals surface area contributed by atoms with Gasteiger partial charge >= 0.3 is 0 Å². The van der Waals surface area contributed by atoms with Crippen LogP contribution in [0.15, 0.2) is 53.4 Å². The third kappa shape index (κ3) is 5.88. The second-order valence-electron chi connectivity index (χ2n) is 6.53. The largest absolute Gasteiger partial charge is 0.354 e. The summed E-state index contributed by atoms with van der Waals surface area (Å²) in [6.07, 6.45) is 0.125. The van der Waals surface area contributed by atoms with Crippen LogP contribution in [0.2, 0.25) is 0 Å². The summed E-state index contributed by atoms with van der Waals surface area (Å²) in [4.78, 5) is 24.1. The van der Waals surface area contributed by atoms with E-state index in [1.807, 2.05) is 0 Å². The van der Waals surface area contributed by atoms with Crippen molar-refractivity contribution in [3.8, 4) is 0 Å². The minimum absolute atomic E-state index is 0.125. The zero-order chi connectivity index (χ0) is 20.7. The zero-order valence-corrected chi connectivity index (χ0v) is 16.6. The molecule has 2 rings (SSSR count). The smallest absolute Gasteiger partial charge is 0.251 e. The molecule has 28 heavy (non-hydrogen) atoms. The molecule has 2 aromatic carbocycles. The normalized spacial score (nSPS) is 11.3. The van der Waals surface area contributed by atoms with E-state index in [0.29, 0.717) is 11.1 Å². The van der Waals surface area contributed by atoms with Crippen molar-refractivity contribution < 1.29 is 22.4 Å². The van der Waals surface area contributed by atoms with Crippen molar-refractivity contribution in [2.75, 3.05) is 13.1 Å². The zero-order valence-electron chi connectivity index (χ0n) is 15.7. The predicted molar refractivity (Wildman–Crippen MR) is 104 cm³/mol. The Morgan fingerprint density at radius 2 is 1.50 bits per heavy atom. The van der Waals surface area contributed by atoms with Gasteiger partial charge in [-0.15, -0.1) is 0 Å². The molecular weight excluding hydrogens is 383 g/mol. The van der Waals surface area contributed by atoms with Gasteiger partial charge in [-0.25, -0.2) is 12.8 Å². The molecule has 0 atom stereocenters. The summed E-state index contributed by atoms with van der Waals surface area (Å²) in [5.74, 6) is -0.952. The van der Waals surface area contributed by atoms with E-state index in [1.54, 1.807) is 26.0 Å². The van der Waals surface area contributed by atoms with Crippen molar-refractivity contribution in [2.45, 2.75) is 30.4 Å². The first kappa shape index (κ1) is 21.6. The van der Waals surface area contributed by atoms with Crippen LogP contribution in [0.3, 0.4) is 0 Å². The average Bonchev–Trinajstić information content (AvgIpc) is 2.67. The molecule has 8 heteroatoms. The SMILES string of the molecule is CC(C)S(=O)(=O)c1ccc(C(=O)NCCNC(=O)Cc2ccc(F)cc2)cc1. The number of carbonyl (C=O) groups excluding carboxylic acids is 2. The molecule has 0 saturated heterocycles. The van der Waals surface area contributed by atoms with Gasteiger partial charge in [0.15, 0.2) is 9.84 Å². The Morgan fingerprint density at radius 1 is 0.929 bits per heavy atom. The Bertz CT molecular complexity index is 924.